The molecule has 5 heteroatoms. The molecule has 0 heterocycles. The molecular weight excluding hydrogens is 204 g/mol. The van der Waals surface area contributed by atoms with Crippen molar-refractivity contribution in [1.82, 2.24) is 10.3 Å². The van der Waals surface area contributed by atoms with E-state index in [-0.39, 0.29) is 0 Å². The quantitative estimate of drug-likeness (QED) is 0.225. The molecule has 0 spiro atoms. The summed E-state index contributed by atoms with van der Waals surface area (Å²) in [5.41, 5.74) is 2.64. The Labute approximate surface area is 99.0 Å². The molecule has 16 heavy (non-hydrogen) atoms. The average molecular weight is 230 g/mol. The monoisotopic (exact) mass is 230 g/mol. The van der Waals surface area contributed by atoms with E-state index in [0.717, 1.165) is 38.6 Å². The summed E-state index contributed by atoms with van der Waals surface area (Å²) < 4.78 is 5.24. The Bertz CT molecular complexity index is 196. The van der Waals surface area contributed by atoms with Gasteiger partial charge in [0.2, 0.25) is 5.96 Å². The molecule has 0 aliphatic carbocycles. The van der Waals surface area contributed by atoms with Crippen LogP contribution in [0.1, 0.15) is 33.6 Å². The summed E-state index contributed by atoms with van der Waals surface area (Å²) in [6.07, 6.45) is 1.99. The first-order valence-electron chi connectivity index (χ1n) is 5.98. The van der Waals surface area contributed by atoms with Crippen LogP contribution in [0.15, 0.2) is 4.99 Å². The van der Waals surface area contributed by atoms with Crippen LogP contribution in [-0.4, -0.2) is 43.7 Å². The maximum atomic E-state index is 5.45. The first-order valence-corrected chi connectivity index (χ1v) is 5.98. The van der Waals surface area contributed by atoms with Crippen LogP contribution in [0, 0.1) is 0 Å². The number of hydrogen-bond donors (Lipinski definition) is 2. The molecule has 0 fully saturated rings. The molecule has 0 aliphatic heterocycles. The second-order valence-electron chi connectivity index (χ2n) is 3.77. The average Bonchev–Trinajstić information content (AvgIpc) is 2.32. The van der Waals surface area contributed by atoms with Gasteiger partial charge >= 0.3 is 0 Å². The highest BCUT2D eigenvalue weighted by Gasteiger charge is 2.10. The zero-order chi connectivity index (χ0) is 12.4. The number of ether oxygens (including phenoxy) is 1. The van der Waals surface area contributed by atoms with Crippen molar-refractivity contribution in [2.45, 2.75) is 39.7 Å². The van der Waals surface area contributed by atoms with Crippen LogP contribution in [0.25, 0.3) is 0 Å². The minimum Gasteiger partial charge on any atom is -0.382 e. The number of hydrazine groups is 1. The lowest BCUT2D eigenvalue weighted by molar-refractivity contribution is 0.146. The van der Waals surface area contributed by atoms with Gasteiger partial charge in [-0.05, 0) is 26.7 Å². The van der Waals surface area contributed by atoms with Gasteiger partial charge in [-0.2, -0.15) is 0 Å². The Morgan fingerprint density at radius 1 is 1.50 bits per heavy atom. The number of hydrogen-bond acceptors (Lipinski definition) is 3. The highest BCUT2D eigenvalue weighted by atomic mass is 16.5. The minimum atomic E-state index is 0.432. The summed E-state index contributed by atoms with van der Waals surface area (Å²) in [7, 11) is 2.00. The lowest BCUT2D eigenvalue weighted by Crippen LogP contribution is -2.46. The maximum absolute atomic E-state index is 5.45. The summed E-state index contributed by atoms with van der Waals surface area (Å²) in [5, 5.41) is 0. The van der Waals surface area contributed by atoms with Crippen LogP contribution in [-0.2, 0) is 4.74 Å². The van der Waals surface area contributed by atoms with Crippen molar-refractivity contribution in [2.24, 2.45) is 10.8 Å². The van der Waals surface area contributed by atoms with Gasteiger partial charge < -0.3 is 9.64 Å². The van der Waals surface area contributed by atoms with Crippen LogP contribution in [0.4, 0.5) is 0 Å². The number of aliphatic imine (C=N–C) groups is 1. The Morgan fingerprint density at radius 2 is 2.19 bits per heavy atom. The van der Waals surface area contributed by atoms with Crippen molar-refractivity contribution in [3.8, 4) is 0 Å². The molecule has 0 aliphatic rings. The van der Waals surface area contributed by atoms with Gasteiger partial charge in [-0.3, -0.25) is 10.4 Å². The van der Waals surface area contributed by atoms with Crippen molar-refractivity contribution >= 4 is 5.96 Å². The molecule has 1 atom stereocenters. The van der Waals surface area contributed by atoms with Crippen molar-refractivity contribution in [3.05, 3.63) is 0 Å². The van der Waals surface area contributed by atoms with E-state index in [9.17, 15) is 0 Å². The van der Waals surface area contributed by atoms with E-state index < -0.39 is 0 Å². The van der Waals surface area contributed by atoms with Crippen LogP contribution < -0.4 is 11.3 Å². The minimum absolute atomic E-state index is 0.432. The Kier molecular flexibility index (Phi) is 8.94. The molecule has 3 N–H and O–H groups in total. The van der Waals surface area contributed by atoms with E-state index in [1.165, 1.54) is 0 Å². The van der Waals surface area contributed by atoms with Gasteiger partial charge in [0.25, 0.3) is 0 Å². The molecule has 0 amide bonds. The molecule has 0 saturated heterocycles. The van der Waals surface area contributed by atoms with Crippen LogP contribution in [0.5, 0.6) is 0 Å². The largest absolute Gasteiger partial charge is 0.382 e. The van der Waals surface area contributed by atoms with Gasteiger partial charge in [0.1, 0.15) is 0 Å². The molecule has 0 rings (SSSR count). The fourth-order valence-electron chi connectivity index (χ4n) is 1.24. The number of nitrogens with two attached hydrogens (primary N) is 1. The number of nitrogens with one attached hydrogen (secondary N) is 1. The molecule has 96 valence electrons. The first kappa shape index (κ1) is 15.2. The molecule has 0 aromatic carbocycles. The summed E-state index contributed by atoms with van der Waals surface area (Å²) >= 11 is 0. The van der Waals surface area contributed by atoms with Crippen LogP contribution in [0.2, 0.25) is 0 Å². The summed E-state index contributed by atoms with van der Waals surface area (Å²) in [6, 6.07) is 0.432. The molecule has 0 saturated carbocycles. The fourth-order valence-corrected chi connectivity index (χ4v) is 1.24. The molecule has 0 aromatic heterocycles. The van der Waals surface area contributed by atoms with E-state index in [1.54, 1.807) is 0 Å². The fraction of sp³-hybridized carbons (Fsp3) is 0.909. The number of rotatable bonds is 7. The molecule has 1 unspecified atom stereocenters. The van der Waals surface area contributed by atoms with Gasteiger partial charge in [0.15, 0.2) is 0 Å². The van der Waals surface area contributed by atoms with Gasteiger partial charge in [0.05, 0.1) is 0 Å². The second kappa shape index (κ2) is 9.42. The summed E-state index contributed by atoms with van der Waals surface area (Å²) in [5.74, 6) is 6.19. The molecule has 0 radical (unpaired) electrons. The van der Waals surface area contributed by atoms with Crippen molar-refractivity contribution in [1.29, 1.82) is 0 Å². The Hall–Kier alpha value is -0.810. The lowest BCUT2D eigenvalue weighted by atomic mass is 10.2. The second-order valence-corrected chi connectivity index (χ2v) is 3.77. The van der Waals surface area contributed by atoms with Crippen molar-refractivity contribution in [2.75, 3.05) is 26.8 Å². The summed E-state index contributed by atoms with van der Waals surface area (Å²) in [4.78, 5) is 6.47. The summed E-state index contributed by atoms with van der Waals surface area (Å²) in [6.45, 7) is 8.54. The SMILES string of the molecule is CCOCCCN=C(NN)N(C)C(C)CC. The third-order valence-electron chi connectivity index (χ3n) is 2.63. The number of nitrogens with zero attached hydrogens (tertiary/aromatic N) is 2. The predicted molar refractivity (Wildman–Crippen MR) is 68.3 cm³/mol. The van der Waals surface area contributed by atoms with Crippen LogP contribution in [0.3, 0.4) is 0 Å². The van der Waals surface area contributed by atoms with E-state index in [2.05, 4.69) is 29.2 Å². The van der Waals surface area contributed by atoms with E-state index >= 15 is 0 Å². The third-order valence-corrected chi connectivity index (χ3v) is 2.63. The van der Waals surface area contributed by atoms with E-state index in [1.807, 2.05) is 14.0 Å². The zero-order valence-corrected chi connectivity index (χ0v) is 11.0. The van der Waals surface area contributed by atoms with Crippen molar-refractivity contribution in [3.63, 3.8) is 0 Å². The van der Waals surface area contributed by atoms with Gasteiger partial charge in [0, 0.05) is 32.8 Å². The molecule has 5 nitrogen and oxygen atoms in total. The van der Waals surface area contributed by atoms with Gasteiger partial charge in [-0.15, -0.1) is 0 Å². The topological polar surface area (TPSA) is 62.9 Å². The highest BCUT2D eigenvalue weighted by Crippen LogP contribution is 2.00. The smallest absolute Gasteiger partial charge is 0.208 e. The third kappa shape index (κ3) is 5.92. The highest BCUT2D eigenvalue weighted by molar-refractivity contribution is 5.79. The number of guanidine groups is 1. The zero-order valence-electron chi connectivity index (χ0n) is 11.0. The maximum Gasteiger partial charge on any atom is 0.208 e. The van der Waals surface area contributed by atoms with E-state index in [4.69, 9.17) is 10.6 Å². The first-order chi connectivity index (χ1) is 7.67. The van der Waals surface area contributed by atoms with Crippen LogP contribution >= 0.6 is 0 Å². The normalized spacial score (nSPS) is 13.7. The predicted octanol–water partition coefficient (Wildman–Crippen LogP) is 0.963. The van der Waals surface area contributed by atoms with Crippen molar-refractivity contribution < 1.29 is 4.74 Å². The standard InChI is InChI=1S/C11H26N4O/c1-5-10(3)15(4)11(14-12)13-8-7-9-16-6-2/h10H,5-9,12H2,1-4H3,(H,13,14). The van der Waals surface area contributed by atoms with Gasteiger partial charge in [-0.1, -0.05) is 6.92 Å². The molecule has 0 bridgehead atoms. The lowest BCUT2D eigenvalue weighted by Gasteiger charge is -2.26. The van der Waals surface area contributed by atoms with Gasteiger partial charge in [-0.25, -0.2) is 5.84 Å². The Morgan fingerprint density at radius 3 is 2.69 bits per heavy atom. The molecule has 0 aromatic rings. The molecular formula is C11H26N4O. The van der Waals surface area contributed by atoms with E-state index in [0.29, 0.717) is 6.04 Å². The Balaban J connectivity index is 4.00.